The molecule has 3 N–H and O–H groups in total. The Labute approximate surface area is 185 Å². The van der Waals surface area contributed by atoms with Gasteiger partial charge < -0.3 is 20.5 Å². The van der Waals surface area contributed by atoms with E-state index in [0.717, 1.165) is 6.07 Å². The number of alkyl halides is 3. The highest BCUT2D eigenvalue weighted by molar-refractivity contribution is 5.87. The summed E-state index contributed by atoms with van der Waals surface area (Å²) in [6.45, 7) is 2.14. The molecule has 1 atom stereocenters. The third-order valence-electron chi connectivity index (χ3n) is 5.25. The quantitative estimate of drug-likeness (QED) is 0.439. The number of halogens is 4. The number of nitrogens with one attached hydrogen (secondary N) is 1. The summed E-state index contributed by atoms with van der Waals surface area (Å²) >= 11 is 0. The van der Waals surface area contributed by atoms with Gasteiger partial charge in [-0.25, -0.2) is 14.4 Å². The van der Waals surface area contributed by atoms with Crippen LogP contribution in [0.25, 0.3) is 11.0 Å². The molecule has 2 aromatic heterocycles. The number of aryl methyl sites for hydroxylation is 2. The van der Waals surface area contributed by atoms with E-state index >= 15 is 0 Å². The van der Waals surface area contributed by atoms with Crippen molar-refractivity contribution >= 4 is 22.5 Å². The van der Waals surface area contributed by atoms with Gasteiger partial charge in [0.25, 0.3) is 5.56 Å². The molecule has 3 heterocycles. The topological polar surface area (TPSA) is 104 Å². The minimum atomic E-state index is -4.89. The molecule has 33 heavy (non-hydrogen) atoms. The first kappa shape index (κ1) is 22.8. The van der Waals surface area contributed by atoms with Gasteiger partial charge >= 0.3 is 6.18 Å². The summed E-state index contributed by atoms with van der Waals surface area (Å²) in [5.74, 6) is -0.847. The van der Waals surface area contributed by atoms with Gasteiger partial charge in [-0.3, -0.25) is 9.36 Å². The summed E-state index contributed by atoms with van der Waals surface area (Å²) in [4.78, 5) is 21.3. The molecule has 0 aliphatic carbocycles. The van der Waals surface area contributed by atoms with Crippen molar-refractivity contribution in [2.75, 3.05) is 24.3 Å². The molecule has 0 bridgehead atoms. The summed E-state index contributed by atoms with van der Waals surface area (Å²) < 4.78 is 66.3. The van der Waals surface area contributed by atoms with Crippen LogP contribution >= 0.6 is 0 Å². The molecule has 12 heteroatoms. The van der Waals surface area contributed by atoms with Crippen LogP contribution in [-0.2, 0) is 24.5 Å². The minimum Gasteiger partial charge on any atom is -0.482 e. The standard InChI is InChI=1S/C21H21F4N5O3/c1-10-28-18(27-8-11-5-12(26)6-15(17(11)22)21(23,24)25)14-7-16(33-13-3-4-32-9-13)20(31)30(2)19(14)29-10/h5-7,13H,3-4,8-9,26H2,1-2H3,(H,27,28,29)/t13-/m0/s1. The molecule has 0 amide bonds. The predicted molar refractivity (Wildman–Crippen MR) is 113 cm³/mol. The van der Waals surface area contributed by atoms with Crippen LogP contribution in [0, 0.1) is 12.7 Å². The van der Waals surface area contributed by atoms with Crippen LogP contribution in [-0.4, -0.2) is 33.9 Å². The van der Waals surface area contributed by atoms with E-state index in [9.17, 15) is 22.4 Å². The number of hydrogen-bond acceptors (Lipinski definition) is 7. The molecule has 3 aromatic rings. The van der Waals surface area contributed by atoms with Crippen molar-refractivity contribution in [3.63, 3.8) is 0 Å². The molecule has 8 nitrogen and oxygen atoms in total. The highest BCUT2D eigenvalue weighted by Crippen LogP contribution is 2.34. The van der Waals surface area contributed by atoms with E-state index in [1.165, 1.54) is 17.7 Å². The van der Waals surface area contributed by atoms with Crippen LogP contribution in [0.3, 0.4) is 0 Å². The zero-order valence-electron chi connectivity index (χ0n) is 17.8. The SMILES string of the molecule is Cc1nc(NCc2cc(N)cc(C(F)(F)F)c2F)c2cc(O[C@H]3CCOC3)c(=O)n(C)c2n1. The van der Waals surface area contributed by atoms with Crippen molar-refractivity contribution in [2.45, 2.75) is 32.2 Å². The van der Waals surface area contributed by atoms with E-state index in [4.69, 9.17) is 15.2 Å². The van der Waals surface area contributed by atoms with Gasteiger partial charge in [-0.05, 0) is 19.1 Å². The second-order valence-electron chi connectivity index (χ2n) is 7.73. The van der Waals surface area contributed by atoms with Gasteiger partial charge in [0, 0.05) is 37.3 Å². The van der Waals surface area contributed by atoms with Crippen LogP contribution in [0.2, 0.25) is 0 Å². The average molecular weight is 467 g/mol. The average Bonchev–Trinajstić information content (AvgIpc) is 3.25. The number of hydrogen-bond donors (Lipinski definition) is 2. The molecule has 0 radical (unpaired) electrons. The van der Waals surface area contributed by atoms with Crippen LogP contribution < -0.4 is 21.3 Å². The number of ether oxygens (including phenoxy) is 2. The molecule has 1 aliphatic rings. The summed E-state index contributed by atoms with van der Waals surface area (Å²) in [6.07, 6.45) is -4.53. The molecule has 1 aliphatic heterocycles. The van der Waals surface area contributed by atoms with Crippen molar-refractivity contribution in [1.82, 2.24) is 14.5 Å². The van der Waals surface area contributed by atoms with Crippen LogP contribution in [0.5, 0.6) is 5.75 Å². The summed E-state index contributed by atoms with van der Waals surface area (Å²) in [6, 6.07) is 3.14. The summed E-state index contributed by atoms with van der Waals surface area (Å²) in [7, 11) is 1.52. The Kier molecular flexibility index (Phi) is 5.87. The smallest absolute Gasteiger partial charge is 0.419 e. The number of nitrogens with zero attached hydrogens (tertiary/aromatic N) is 3. The third kappa shape index (κ3) is 4.56. The van der Waals surface area contributed by atoms with E-state index in [-0.39, 0.29) is 41.1 Å². The Balaban J connectivity index is 1.73. The van der Waals surface area contributed by atoms with E-state index in [0.29, 0.717) is 36.9 Å². The number of nitrogen functional groups attached to an aromatic ring is 1. The molecule has 0 spiro atoms. The van der Waals surface area contributed by atoms with Gasteiger partial charge in [0.1, 0.15) is 29.2 Å². The van der Waals surface area contributed by atoms with E-state index in [1.807, 2.05) is 0 Å². The van der Waals surface area contributed by atoms with Crippen molar-refractivity contribution in [1.29, 1.82) is 0 Å². The highest BCUT2D eigenvalue weighted by atomic mass is 19.4. The summed E-state index contributed by atoms with van der Waals surface area (Å²) in [5.41, 5.74) is 3.49. The maximum atomic E-state index is 14.5. The first-order valence-electron chi connectivity index (χ1n) is 10.1. The number of aromatic nitrogens is 3. The zero-order chi connectivity index (χ0) is 23.9. The van der Waals surface area contributed by atoms with Gasteiger partial charge in [-0.15, -0.1) is 0 Å². The first-order valence-corrected chi connectivity index (χ1v) is 10.1. The lowest BCUT2D eigenvalue weighted by molar-refractivity contribution is -0.140. The number of nitrogens with two attached hydrogens (primary N) is 1. The molecule has 1 fully saturated rings. The largest absolute Gasteiger partial charge is 0.482 e. The fourth-order valence-corrected chi connectivity index (χ4v) is 3.64. The third-order valence-corrected chi connectivity index (χ3v) is 5.25. The maximum absolute atomic E-state index is 14.5. The summed E-state index contributed by atoms with van der Waals surface area (Å²) in [5, 5.41) is 3.24. The zero-order valence-corrected chi connectivity index (χ0v) is 17.8. The van der Waals surface area contributed by atoms with E-state index in [2.05, 4.69) is 15.3 Å². The first-order chi connectivity index (χ1) is 15.5. The van der Waals surface area contributed by atoms with E-state index < -0.39 is 23.1 Å². The van der Waals surface area contributed by atoms with Crippen molar-refractivity contribution in [3.8, 4) is 5.75 Å². The van der Waals surface area contributed by atoms with Gasteiger partial charge in [-0.2, -0.15) is 13.2 Å². The molecular weight excluding hydrogens is 446 g/mol. The van der Waals surface area contributed by atoms with Crippen molar-refractivity contribution < 1.29 is 27.0 Å². The molecule has 1 aromatic carbocycles. The maximum Gasteiger partial charge on any atom is 0.419 e. The monoisotopic (exact) mass is 467 g/mol. The number of fused-ring (bicyclic) bond motifs is 1. The van der Waals surface area contributed by atoms with Gasteiger partial charge in [0.2, 0.25) is 0 Å². The Morgan fingerprint density at radius 2 is 2.06 bits per heavy atom. The van der Waals surface area contributed by atoms with Gasteiger partial charge in [-0.1, -0.05) is 0 Å². The molecule has 4 rings (SSSR count). The fraction of sp³-hybridized carbons (Fsp3) is 0.381. The van der Waals surface area contributed by atoms with Crippen LogP contribution in [0.1, 0.15) is 23.4 Å². The predicted octanol–water partition coefficient (Wildman–Crippen LogP) is 3.16. The Hall–Kier alpha value is -3.41. The fourth-order valence-electron chi connectivity index (χ4n) is 3.64. The molecule has 176 valence electrons. The van der Waals surface area contributed by atoms with Crippen molar-refractivity contribution in [2.24, 2.45) is 7.05 Å². The minimum absolute atomic E-state index is 0.0606. The Morgan fingerprint density at radius 3 is 2.73 bits per heavy atom. The second-order valence-corrected chi connectivity index (χ2v) is 7.73. The van der Waals surface area contributed by atoms with Crippen molar-refractivity contribution in [3.05, 3.63) is 51.3 Å². The molecule has 1 saturated heterocycles. The lowest BCUT2D eigenvalue weighted by Gasteiger charge is -2.17. The lowest BCUT2D eigenvalue weighted by Crippen LogP contribution is -2.25. The van der Waals surface area contributed by atoms with Gasteiger partial charge in [0.05, 0.1) is 24.2 Å². The molecule has 0 unspecified atom stereocenters. The number of anilines is 2. The Bertz CT molecular complexity index is 1270. The number of rotatable bonds is 5. The van der Waals surface area contributed by atoms with Crippen LogP contribution in [0.4, 0.5) is 29.1 Å². The van der Waals surface area contributed by atoms with Gasteiger partial charge in [0.15, 0.2) is 5.75 Å². The highest BCUT2D eigenvalue weighted by Gasteiger charge is 2.35. The number of benzene rings is 1. The lowest BCUT2D eigenvalue weighted by atomic mass is 10.1. The number of pyridine rings is 1. The normalized spacial score (nSPS) is 16.4. The molecule has 0 saturated carbocycles. The second kappa shape index (κ2) is 8.50. The van der Waals surface area contributed by atoms with E-state index in [1.54, 1.807) is 6.92 Å². The Morgan fingerprint density at radius 1 is 1.30 bits per heavy atom. The van der Waals surface area contributed by atoms with Crippen LogP contribution in [0.15, 0.2) is 23.0 Å². The molecular formula is C21H21F4N5O3.